The second kappa shape index (κ2) is 11.2. The van der Waals surface area contributed by atoms with E-state index in [1.54, 1.807) is 37.2 Å². The van der Waals surface area contributed by atoms with E-state index in [1.165, 1.54) is 19.0 Å². The number of ketones is 2. The summed E-state index contributed by atoms with van der Waals surface area (Å²) in [5, 5.41) is 50.3. The van der Waals surface area contributed by atoms with Crippen LogP contribution in [0.15, 0.2) is 35.6 Å². The minimum atomic E-state index is -2.76. The van der Waals surface area contributed by atoms with Crippen molar-refractivity contribution in [2.75, 3.05) is 39.6 Å². The van der Waals surface area contributed by atoms with E-state index < -0.39 is 80.9 Å². The van der Waals surface area contributed by atoms with E-state index in [1.807, 2.05) is 0 Å². The zero-order valence-electron chi connectivity index (χ0n) is 25.5. The van der Waals surface area contributed by atoms with Gasteiger partial charge in [0.2, 0.25) is 0 Å². The summed E-state index contributed by atoms with van der Waals surface area (Å²) in [5.41, 5.74) is 11.8. The molecule has 3 aliphatic rings. The number of rotatable bonds is 8. The van der Waals surface area contributed by atoms with Crippen LogP contribution >= 0.6 is 0 Å². The first kappa shape index (κ1) is 33.0. The Morgan fingerprint density at radius 2 is 1.82 bits per heavy atom. The van der Waals surface area contributed by atoms with Crippen molar-refractivity contribution in [1.29, 1.82) is 5.26 Å². The first-order chi connectivity index (χ1) is 20.9. The lowest BCUT2D eigenvalue weighted by Gasteiger charge is -2.58. The number of nitrogens with zero attached hydrogens (tertiary/aromatic N) is 3. The van der Waals surface area contributed by atoms with Crippen LogP contribution in [-0.4, -0.2) is 95.6 Å². The van der Waals surface area contributed by atoms with Gasteiger partial charge < -0.3 is 48.1 Å². The van der Waals surface area contributed by atoms with Crippen molar-refractivity contribution in [2.45, 2.75) is 42.9 Å². The third-order valence-electron chi connectivity index (χ3n) is 8.86. The standard InChI is InChI=1S/C30H38N8O7/c1-6-7-8-35-27(45)36-11-14-9-16(37(2)3)15-10-28(33)12-30(34)23(38(4)5)22(41)18(26(32)44)24(42)29(30,13-31)25(43)19(28)21(40)17(15)20(14)39/h6,9,23,39-40,42H,1,7-8,10-12,33-34H2,2-5H3,(H2,32,44)(H2,35,36,45)/t23-,28-,29+,30-/m1/s1. The molecule has 0 heterocycles. The average Bonchev–Trinajstić information content (AvgIpc) is 2.91. The largest absolute Gasteiger partial charge is 0.509 e. The number of carbonyl (C=O) groups excluding carboxylic acids is 4. The molecule has 15 heteroatoms. The van der Waals surface area contributed by atoms with Gasteiger partial charge >= 0.3 is 6.03 Å². The summed E-state index contributed by atoms with van der Waals surface area (Å²) in [6.45, 7) is 3.76. The number of phenolic OH excluding ortho intramolecular Hbond substituents is 1. The van der Waals surface area contributed by atoms with Crippen LogP contribution < -0.4 is 32.7 Å². The number of carbonyl (C=O) groups is 4. The first-order valence-corrected chi connectivity index (χ1v) is 14.0. The van der Waals surface area contributed by atoms with E-state index in [2.05, 4.69) is 17.2 Å². The molecule has 0 aliphatic heterocycles. The van der Waals surface area contributed by atoms with Gasteiger partial charge in [0.15, 0.2) is 17.0 Å². The topological polar surface area (TPSA) is 261 Å². The first-order valence-electron chi connectivity index (χ1n) is 14.0. The van der Waals surface area contributed by atoms with Crippen LogP contribution in [0.5, 0.6) is 5.75 Å². The molecule has 3 amide bonds. The molecule has 0 spiro atoms. The molecule has 1 aromatic carbocycles. The molecule has 0 unspecified atom stereocenters. The molecule has 15 nitrogen and oxygen atoms in total. The predicted octanol–water partition coefficient (Wildman–Crippen LogP) is -0.653. The lowest BCUT2D eigenvalue weighted by Crippen LogP contribution is -2.80. The van der Waals surface area contributed by atoms with Crippen LogP contribution in [0, 0.1) is 16.7 Å². The summed E-state index contributed by atoms with van der Waals surface area (Å²) in [6, 6.07) is 1.33. The second-order valence-corrected chi connectivity index (χ2v) is 12.1. The van der Waals surface area contributed by atoms with Crippen molar-refractivity contribution in [2.24, 2.45) is 22.6 Å². The van der Waals surface area contributed by atoms with E-state index in [9.17, 15) is 39.8 Å². The van der Waals surface area contributed by atoms with E-state index in [4.69, 9.17) is 17.2 Å². The fourth-order valence-corrected chi connectivity index (χ4v) is 6.99. The highest BCUT2D eigenvalue weighted by Gasteiger charge is 2.74. The maximum Gasteiger partial charge on any atom is 0.315 e. The molecule has 45 heavy (non-hydrogen) atoms. The van der Waals surface area contributed by atoms with Crippen LogP contribution in [0.25, 0.3) is 5.76 Å². The molecule has 1 fully saturated rings. The number of benzene rings is 1. The second-order valence-electron chi connectivity index (χ2n) is 12.1. The number of hydrogen-bond acceptors (Lipinski definition) is 12. The number of fused-ring (bicyclic) bond motifs is 3. The molecule has 0 saturated heterocycles. The summed E-state index contributed by atoms with van der Waals surface area (Å²) < 4.78 is 0. The van der Waals surface area contributed by atoms with Crippen molar-refractivity contribution in [3.63, 3.8) is 0 Å². The monoisotopic (exact) mass is 622 g/mol. The lowest BCUT2D eigenvalue weighted by molar-refractivity contribution is -0.139. The van der Waals surface area contributed by atoms with Crippen LogP contribution in [0.3, 0.4) is 0 Å². The minimum absolute atomic E-state index is 0.165. The highest BCUT2D eigenvalue weighted by molar-refractivity contribution is 6.25. The molecule has 1 aromatic rings. The molecule has 1 saturated carbocycles. The highest BCUT2D eigenvalue weighted by Crippen LogP contribution is 2.59. The van der Waals surface area contributed by atoms with Gasteiger partial charge in [-0.1, -0.05) is 6.08 Å². The number of nitrogens with two attached hydrogens (primary N) is 3. The van der Waals surface area contributed by atoms with Crippen molar-refractivity contribution in [3.05, 3.63) is 52.3 Å². The SMILES string of the molecule is C=CCCNC(=O)NCc1cc(N(C)C)c2c(c1O)C(O)=C1C(=O)[C@]3(C#N)C(O)=C(C(N)=O)C(=O)[C@@H](N(C)C)[C@]3(N)C[C@]1(N)C2. The number of Topliss-reactive ketones (excluding diaryl/α,β-unsaturated/α-hetero) is 2. The normalized spacial score (nSPS) is 27.3. The Hall–Kier alpha value is -4.91. The number of urea groups is 1. The van der Waals surface area contributed by atoms with Gasteiger partial charge in [-0.05, 0) is 45.0 Å². The number of aliphatic hydroxyl groups excluding tert-OH is 2. The molecule has 4 rings (SSSR count). The van der Waals surface area contributed by atoms with Gasteiger partial charge in [0.1, 0.15) is 22.8 Å². The number of nitriles is 1. The molecule has 4 atom stereocenters. The Labute approximate surface area is 259 Å². The highest BCUT2D eigenvalue weighted by atomic mass is 16.3. The number of anilines is 1. The summed E-state index contributed by atoms with van der Waals surface area (Å²) in [6.07, 6.45) is 1.51. The van der Waals surface area contributed by atoms with Gasteiger partial charge in [0.05, 0.1) is 34.3 Å². The number of aliphatic hydroxyl groups is 2. The maximum absolute atomic E-state index is 14.5. The zero-order chi connectivity index (χ0) is 33.8. The van der Waals surface area contributed by atoms with Crippen LogP contribution in [0.2, 0.25) is 0 Å². The summed E-state index contributed by atoms with van der Waals surface area (Å²) in [4.78, 5) is 55.7. The Bertz CT molecular complexity index is 1640. The Balaban J connectivity index is 1.98. The van der Waals surface area contributed by atoms with Gasteiger partial charge in [0.25, 0.3) is 5.91 Å². The number of nitrogens with one attached hydrogen (secondary N) is 2. The van der Waals surface area contributed by atoms with Crippen LogP contribution in [-0.2, 0) is 27.3 Å². The summed E-state index contributed by atoms with van der Waals surface area (Å²) >= 11 is 0. The third-order valence-corrected chi connectivity index (χ3v) is 8.86. The van der Waals surface area contributed by atoms with Crippen molar-refractivity contribution < 1.29 is 34.5 Å². The molecule has 240 valence electrons. The summed E-state index contributed by atoms with van der Waals surface area (Å²) in [7, 11) is 6.31. The quantitative estimate of drug-likeness (QED) is 0.102. The number of primary amides is 1. The van der Waals surface area contributed by atoms with E-state index in [0.717, 1.165) is 0 Å². The van der Waals surface area contributed by atoms with Crippen molar-refractivity contribution in [1.82, 2.24) is 15.5 Å². The zero-order valence-corrected chi connectivity index (χ0v) is 25.5. The molecular weight excluding hydrogens is 584 g/mol. The average molecular weight is 623 g/mol. The minimum Gasteiger partial charge on any atom is -0.509 e. The van der Waals surface area contributed by atoms with Gasteiger partial charge in [-0.3, -0.25) is 19.3 Å². The van der Waals surface area contributed by atoms with Gasteiger partial charge in [0, 0.05) is 38.4 Å². The number of amides is 3. The smallest absolute Gasteiger partial charge is 0.315 e. The van der Waals surface area contributed by atoms with E-state index in [-0.39, 0.29) is 24.1 Å². The number of aromatic hydroxyl groups is 1. The Kier molecular flexibility index (Phi) is 8.23. The predicted molar refractivity (Wildman–Crippen MR) is 164 cm³/mol. The summed E-state index contributed by atoms with van der Waals surface area (Å²) in [5.74, 6) is -6.05. The number of phenols is 1. The molecule has 0 radical (unpaired) electrons. The Morgan fingerprint density at radius 1 is 1.18 bits per heavy atom. The fourth-order valence-electron chi connectivity index (χ4n) is 6.99. The molecule has 3 aliphatic carbocycles. The number of likely N-dealkylation sites (N-methyl/N-ethyl adjacent to an activating group) is 1. The van der Waals surface area contributed by atoms with Crippen molar-refractivity contribution >= 4 is 35.0 Å². The van der Waals surface area contributed by atoms with Gasteiger partial charge in [-0.15, -0.1) is 6.58 Å². The van der Waals surface area contributed by atoms with Gasteiger partial charge in [-0.25, -0.2) is 4.79 Å². The third kappa shape index (κ3) is 4.60. The number of hydrogen-bond donors (Lipinski definition) is 8. The Morgan fingerprint density at radius 3 is 2.36 bits per heavy atom. The molecule has 11 N–H and O–H groups in total. The molecule has 0 aromatic heterocycles. The van der Waals surface area contributed by atoms with E-state index in [0.29, 0.717) is 24.2 Å². The lowest BCUT2D eigenvalue weighted by atomic mass is 9.47. The van der Waals surface area contributed by atoms with Crippen LogP contribution in [0.4, 0.5) is 10.5 Å². The van der Waals surface area contributed by atoms with Gasteiger partial charge in [-0.2, -0.15) is 5.26 Å². The maximum atomic E-state index is 14.5. The fraction of sp³-hybridized carbons (Fsp3) is 0.433. The van der Waals surface area contributed by atoms with Crippen LogP contribution in [0.1, 0.15) is 29.5 Å². The molecular formula is C30H38N8O7. The van der Waals surface area contributed by atoms with Crippen molar-refractivity contribution in [3.8, 4) is 11.8 Å². The molecule has 0 bridgehead atoms. The van der Waals surface area contributed by atoms with E-state index >= 15 is 0 Å².